The number of nitrogens with two attached hydrogens (primary N) is 1. The number of anilines is 1. The summed E-state index contributed by atoms with van der Waals surface area (Å²) in [6.45, 7) is 2.78. The van der Waals surface area contributed by atoms with Crippen molar-refractivity contribution in [1.29, 1.82) is 0 Å². The van der Waals surface area contributed by atoms with Crippen molar-refractivity contribution in [2.75, 3.05) is 25.4 Å². The molecule has 1 fully saturated rings. The molecule has 4 N–H and O–H groups in total. The van der Waals surface area contributed by atoms with Gasteiger partial charge in [0.05, 0.1) is 0 Å². The number of alkyl halides is 2. The number of piperidine rings is 1. The molecule has 28 heavy (non-hydrogen) atoms. The van der Waals surface area contributed by atoms with Crippen LogP contribution in [0.3, 0.4) is 0 Å². The van der Waals surface area contributed by atoms with Gasteiger partial charge < -0.3 is 25.8 Å². The summed E-state index contributed by atoms with van der Waals surface area (Å²) in [5, 5.41) is 11.8. The normalized spacial score (nSPS) is 18.9. The average Bonchev–Trinajstić information content (AvgIpc) is 3.23. The Kier molecular flexibility index (Phi) is 3.95. The molecular weight excluding hydrogens is 372 g/mol. The smallest absolute Gasteiger partial charge is 0.395 e. The topological polar surface area (TPSA) is 112 Å². The van der Waals surface area contributed by atoms with E-state index in [0.717, 1.165) is 32.5 Å². The molecule has 0 unspecified atom stereocenters. The lowest BCUT2D eigenvalue weighted by Gasteiger charge is -2.23. The number of nitrogens with one attached hydrogen (secondary N) is 2. The molecule has 11 heteroatoms. The molecule has 0 amide bonds. The summed E-state index contributed by atoms with van der Waals surface area (Å²) in [7, 11) is 0. The first kappa shape index (κ1) is 17.3. The second-order valence-corrected chi connectivity index (χ2v) is 6.92. The first-order valence-corrected chi connectivity index (χ1v) is 9.18. The maximum Gasteiger partial charge on any atom is 0.586 e. The Morgan fingerprint density at radius 1 is 1.25 bits per heavy atom. The highest BCUT2D eigenvalue weighted by atomic mass is 19.3. The Hall–Kier alpha value is -2.79. The molecule has 9 nitrogen and oxygen atoms in total. The van der Waals surface area contributed by atoms with E-state index in [0.29, 0.717) is 29.3 Å². The third-order valence-corrected chi connectivity index (χ3v) is 5.00. The fourth-order valence-electron chi connectivity index (χ4n) is 3.66. The fraction of sp³-hybridized carbons (Fsp3) is 0.471. The summed E-state index contributed by atoms with van der Waals surface area (Å²) < 4.78 is 37.4. The Labute approximate surface area is 158 Å². The van der Waals surface area contributed by atoms with Crippen LogP contribution >= 0.6 is 0 Å². The van der Waals surface area contributed by atoms with Crippen LogP contribution in [0, 0.1) is 0 Å². The third kappa shape index (κ3) is 2.96. The lowest BCUT2D eigenvalue weighted by molar-refractivity contribution is -0.286. The molecule has 2 aromatic heterocycles. The van der Waals surface area contributed by atoms with Crippen molar-refractivity contribution >= 4 is 22.5 Å². The van der Waals surface area contributed by atoms with Crippen molar-refractivity contribution in [3.05, 3.63) is 18.0 Å². The molecule has 1 saturated heterocycles. The van der Waals surface area contributed by atoms with E-state index in [2.05, 4.69) is 35.2 Å². The van der Waals surface area contributed by atoms with Crippen LogP contribution in [0.15, 0.2) is 12.1 Å². The minimum Gasteiger partial charge on any atom is -0.395 e. The fourth-order valence-corrected chi connectivity index (χ4v) is 3.66. The number of nitrogens with zero attached hydrogens (tertiary/aromatic N) is 4. The van der Waals surface area contributed by atoms with Crippen molar-refractivity contribution in [2.24, 2.45) is 0 Å². The van der Waals surface area contributed by atoms with Crippen molar-refractivity contribution in [3.63, 3.8) is 0 Å². The molecule has 5 rings (SSSR count). The van der Waals surface area contributed by atoms with Gasteiger partial charge in [-0.2, -0.15) is 4.52 Å². The number of rotatable bonds is 4. The summed E-state index contributed by atoms with van der Waals surface area (Å²) in [6, 6.07) is 3.50. The molecule has 0 bridgehead atoms. The zero-order valence-electron chi connectivity index (χ0n) is 14.9. The molecule has 2 aliphatic rings. The molecule has 2 aliphatic heterocycles. The number of hydrogen-bond acceptors (Lipinski definition) is 8. The highest BCUT2D eigenvalue weighted by Crippen LogP contribution is 2.45. The molecule has 1 aromatic carbocycles. The van der Waals surface area contributed by atoms with Gasteiger partial charge in [-0.3, -0.25) is 0 Å². The Morgan fingerprint density at radius 3 is 2.89 bits per heavy atom. The quantitative estimate of drug-likeness (QED) is 0.606. The number of halogens is 2. The number of fused-ring (bicyclic) bond motifs is 5. The first-order valence-electron chi connectivity index (χ1n) is 9.18. The number of nitrogen functional groups attached to an aromatic ring is 1. The van der Waals surface area contributed by atoms with Crippen LogP contribution in [0.2, 0.25) is 0 Å². The van der Waals surface area contributed by atoms with Gasteiger partial charge in [-0.1, -0.05) is 0 Å². The predicted molar refractivity (Wildman–Crippen MR) is 96.5 cm³/mol. The Balaban J connectivity index is 1.44. The van der Waals surface area contributed by atoms with E-state index < -0.39 is 6.29 Å². The lowest BCUT2D eigenvalue weighted by Crippen LogP contribution is -2.40. The summed E-state index contributed by atoms with van der Waals surface area (Å²) >= 11 is 0. The Bertz CT molecular complexity index is 1050. The van der Waals surface area contributed by atoms with Gasteiger partial charge in [-0.25, -0.2) is 9.97 Å². The highest BCUT2D eigenvalue weighted by Gasteiger charge is 2.44. The zero-order valence-corrected chi connectivity index (χ0v) is 14.9. The van der Waals surface area contributed by atoms with Gasteiger partial charge in [0.1, 0.15) is 5.52 Å². The van der Waals surface area contributed by atoms with Crippen molar-refractivity contribution < 1.29 is 18.3 Å². The number of ether oxygens (including phenoxy) is 2. The van der Waals surface area contributed by atoms with Gasteiger partial charge in [-0.15, -0.1) is 13.9 Å². The maximum absolute atomic E-state index is 13.4. The van der Waals surface area contributed by atoms with E-state index in [4.69, 9.17) is 5.73 Å². The van der Waals surface area contributed by atoms with Crippen LogP contribution in [-0.4, -0.2) is 51.6 Å². The maximum atomic E-state index is 13.4. The number of hydrogen-bond donors (Lipinski definition) is 3. The van der Waals surface area contributed by atoms with E-state index in [1.54, 1.807) is 6.07 Å². The monoisotopic (exact) mass is 391 g/mol. The van der Waals surface area contributed by atoms with Crippen LogP contribution in [0.1, 0.15) is 18.7 Å². The van der Waals surface area contributed by atoms with Gasteiger partial charge in [0, 0.05) is 24.4 Å². The highest BCUT2D eigenvalue weighted by molar-refractivity contribution is 5.97. The van der Waals surface area contributed by atoms with E-state index in [1.807, 2.05) is 0 Å². The SMILES string of the molecule is Nc1nc2c3c(ccc2c2nc(CCNC4CCNCC4)nn12)OC(F)(F)O3. The number of benzene rings is 1. The van der Waals surface area contributed by atoms with Gasteiger partial charge in [0.25, 0.3) is 0 Å². The standard InChI is InChI=1S/C17H19F2N7O2/c18-17(19)27-11-2-1-10-13(14(11)28-17)24-16(20)26-15(10)23-12(25-26)5-8-22-9-3-6-21-7-4-9/h1-2,9,21-22H,3-8H2,(H2,20,24). The summed E-state index contributed by atoms with van der Waals surface area (Å²) in [5.74, 6) is 0.415. The van der Waals surface area contributed by atoms with Gasteiger partial charge in [-0.05, 0) is 38.1 Å². The van der Waals surface area contributed by atoms with E-state index in [-0.39, 0.29) is 23.0 Å². The van der Waals surface area contributed by atoms with Crippen LogP contribution in [0.4, 0.5) is 14.7 Å². The van der Waals surface area contributed by atoms with Crippen LogP contribution in [0.5, 0.6) is 11.5 Å². The molecule has 0 saturated carbocycles. The molecule has 4 heterocycles. The van der Waals surface area contributed by atoms with Crippen LogP contribution in [-0.2, 0) is 6.42 Å². The Morgan fingerprint density at radius 2 is 2.07 bits per heavy atom. The zero-order chi connectivity index (χ0) is 19.3. The molecule has 148 valence electrons. The largest absolute Gasteiger partial charge is 0.586 e. The number of aromatic nitrogens is 4. The third-order valence-electron chi connectivity index (χ3n) is 5.00. The minimum atomic E-state index is -3.72. The summed E-state index contributed by atoms with van der Waals surface area (Å²) in [4.78, 5) is 8.73. The van der Waals surface area contributed by atoms with E-state index in [1.165, 1.54) is 10.6 Å². The first-order chi connectivity index (χ1) is 13.5. The molecule has 0 spiro atoms. The predicted octanol–water partition coefficient (Wildman–Crippen LogP) is 1.07. The van der Waals surface area contributed by atoms with Crippen molar-refractivity contribution in [3.8, 4) is 11.5 Å². The lowest BCUT2D eigenvalue weighted by atomic mass is 10.1. The van der Waals surface area contributed by atoms with Crippen LogP contribution in [0.25, 0.3) is 16.6 Å². The summed E-state index contributed by atoms with van der Waals surface area (Å²) in [6.07, 6.45) is -0.913. The van der Waals surface area contributed by atoms with Gasteiger partial charge in [0.2, 0.25) is 5.95 Å². The molecular formula is C17H19F2N7O2. The molecule has 0 atom stereocenters. The van der Waals surface area contributed by atoms with E-state index >= 15 is 0 Å². The van der Waals surface area contributed by atoms with Gasteiger partial charge >= 0.3 is 6.29 Å². The van der Waals surface area contributed by atoms with Crippen LogP contribution < -0.4 is 25.8 Å². The molecule has 0 aliphatic carbocycles. The summed E-state index contributed by atoms with van der Waals surface area (Å²) in [5.41, 5.74) is 6.60. The molecule has 3 aromatic rings. The molecule has 0 radical (unpaired) electrons. The minimum absolute atomic E-state index is 0.0415. The second kappa shape index (κ2) is 6.38. The van der Waals surface area contributed by atoms with E-state index in [9.17, 15) is 8.78 Å². The van der Waals surface area contributed by atoms with Crippen molar-refractivity contribution in [1.82, 2.24) is 30.2 Å². The van der Waals surface area contributed by atoms with Gasteiger partial charge in [0.15, 0.2) is 23.0 Å². The average molecular weight is 391 g/mol. The second-order valence-electron chi connectivity index (χ2n) is 6.92. The van der Waals surface area contributed by atoms with Crippen molar-refractivity contribution in [2.45, 2.75) is 31.6 Å².